The van der Waals surface area contributed by atoms with Crippen molar-refractivity contribution in [3.8, 4) is 22.8 Å². The topological polar surface area (TPSA) is 77.9 Å². The van der Waals surface area contributed by atoms with Crippen LogP contribution in [0.1, 0.15) is 36.3 Å². The van der Waals surface area contributed by atoms with Crippen molar-refractivity contribution in [2.75, 3.05) is 7.11 Å². The Morgan fingerprint density at radius 1 is 1.32 bits per heavy atom. The molecule has 0 fully saturated rings. The standard InChI is InChI=1S/C19H21NO5/c1-4-15(21)14-8-12(2)18(25-10-13-9-23-11-20-13)19(22-3)17(14)16-6-5-7-24-16/h5-9,11,15,21H,4,10H2,1-3H3. The molecule has 0 aliphatic carbocycles. The molecule has 25 heavy (non-hydrogen) atoms. The Morgan fingerprint density at radius 3 is 2.76 bits per heavy atom. The lowest BCUT2D eigenvalue weighted by molar-refractivity contribution is 0.173. The number of nitrogens with zero attached hydrogens (tertiary/aromatic N) is 1. The van der Waals surface area contributed by atoms with Crippen molar-refractivity contribution >= 4 is 0 Å². The molecule has 1 atom stereocenters. The van der Waals surface area contributed by atoms with Crippen LogP contribution in [0.3, 0.4) is 0 Å². The minimum absolute atomic E-state index is 0.251. The van der Waals surface area contributed by atoms with Crippen molar-refractivity contribution < 1.29 is 23.4 Å². The van der Waals surface area contributed by atoms with Crippen molar-refractivity contribution in [3.63, 3.8) is 0 Å². The van der Waals surface area contributed by atoms with E-state index < -0.39 is 6.10 Å². The summed E-state index contributed by atoms with van der Waals surface area (Å²) in [5.74, 6) is 1.73. The second-order valence-electron chi connectivity index (χ2n) is 5.69. The first kappa shape index (κ1) is 17.1. The monoisotopic (exact) mass is 343 g/mol. The lowest BCUT2D eigenvalue weighted by Gasteiger charge is -2.21. The normalized spacial score (nSPS) is 12.2. The van der Waals surface area contributed by atoms with E-state index in [1.807, 2.05) is 26.0 Å². The van der Waals surface area contributed by atoms with Crippen LogP contribution in [0.2, 0.25) is 0 Å². The number of aliphatic hydroxyl groups is 1. The maximum Gasteiger partial charge on any atom is 0.180 e. The van der Waals surface area contributed by atoms with Crippen LogP contribution in [0.15, 0.2) is 46.0 Å². The first-order valence-corrected chi connectivity index (χ1v) is 8.09. The highest BCUT2D eigenvalue weighted by Crippen LogP contribution is 2.45. The van der Waals surface area contributed by atoms with Gasteiger partial charge < -0.3 is 23.4 Å². The van der Waals surface area contributed by atoms with Crippen molar-refractivity contribution in [2.45, 2.75) is 33.0 Å². The van der Waals surface area contributed by atoms with E-state index in [9.17, 15) is 5.11 Å². The second kappa shape index (κ2) is 7.44. The molecule has 0 spiro atoms. The highest BCUT2D eigenvalue weighted by Gasteiger charge is 2.24. The molecule has 0 bridgehead atoms. The van der Waals surface area contributed by atoms with Gasteiger partial charge in [0.2, 0.25) is 0 Å². The molecule has 0 aliphatic rings. The molecule has 0 radical (unpaired) electrons. The summed E-state index contributed by atoms with van der Waals surface area (Å²) in [6.45, 7) is 4.09. The summed E-state index contributed by atoms with van der Waals surface area (Å²) in [6.07, 6.45) is 4.43. The van der Waals surface area contributed by atoms with Gasteiger partial charge in [-0.25, -0.2) is 4.98 Å². The summed E-state index contributed by atoms with van der Waals surface area (Å²) in [5, 5.41) is 10.5. The van der Waals surface area contributed by atoms with Gasteiger partial charge in [0.05, 0.1) is 25.0 Å². The lowest BCUT2D eigenvalue weighted by Crippen LogP contribution is -2.06. The van der Waals surface area contributed by atoms with Crippen LogP contribution in [0.5, 0.6) is 11.5 Å². The zero-order chi connectivity index (χ0) is 17.8. The SMILES string of the molecule is CCC(O)c1cc(C)c(OCc2cocn2)c(OC)c1-c1ccco1. The largest absolute Gasteiger partial charge is 0.492 e. The van der Waals surface area contributed by atoms with E-state index in [-0.39, 0.29) is 6.61 Å². The molecule has 0 saturated heterocycles. The number of aryl methyl sites for hydroxylation is 1. The molecule has 2 aromatic heterocycles. The van der Waals surface area contributed by atoms with Crippen LogP contribution in [0.25, 0.3) is 11.3 Å². The Balaban J connectivity index is 2.10. The number of aromatic nitrogens is 1. The molecule has 132 valence electrons. The van der Waals surface area contributed by atoms with E-state index in [0.29, 0.717) is 34.9 Å². The van der Waals surface area contributed by atoms with Gasteiger partial charge in [0, 0.05) is 0 Å². The molecule has 3 rings (SSSR count). The molecule has 6 heteroatoms. The van der Waals surface area contributed by atoms with E-state index in [1.165, 1.54) is 12.7 Å². The van der Waals surface area contributed by atoms with Gasteiger partial charge in [0.1, 0.15) is 24.3 Å². The van der Waals surface area contributed by atoms with Crippen LogP contribution >= 0.6 is 0 Å². The van der Waals surface area contributed by atoms with E-state index in [2.05, 4.69) is 4.98 Å². The number of methoxy groups -OCH3 is 1. The van der Waals surface area contributed by atoms with Gasteiger partial charge >= 0.3 is 0 Å². The van der Waals surface area contributed by atoms with Crippen LogP contribution in [0.4, 0.5) is 0 Å². The Morgan fingerprint density at radius 2 is 2.16 bits per heavy atom. The van der Waals surface area contributed by atoms with Gasteiger partial charge in [-0.05, 0) is 42.7 Å². The first-order valence-electron chi connectivity index (χ1n) is 8.09. The number of ether oxygens (including phenoxy) is 2. The highest BCUT2D eigenvalue weighted by atomic mass is 16.5. The Kier molecular flexibility index (Phi) is 5.09. The summed E-state index contributed by atoms with van der Waals surface area (Å²) in [7, 11) is 1.58. The maximum absolute atomic E-state index is 10.5. The fourth-order valence-corrected chi connectivity index (χ4v) is 2.78. The van der Waals surface area contributed by atoms with Crippen LogP contribution in [0, 0.1) is 6.92 Å². The van der Waals surface area contributed by atoms with E-state index >= 15 is 0 Å². The molecule has 3 aromatic rings. The number of benzene rings is 1. The molecule has 0 amide bonds. The smallest absolute Gasteiger partial charge is 0.180 e. The van der Waals surface area contributed by atoms with Gasteiger partial charge in [-0.2, -0.15) is 0 Å². The lowest BCUT2D eigenvalue weighted by atomic mass is 9.95. The first-order chi connectivity index (χ1) is 12.2. The quantitative estimate of drug-likeness (QED) is 0.690. The molecular weight excluding hydrogens is 322 g/mol. The number of rotatable bonds is 7. The van der Waals surface area contributed by atoms with Gasteiger partial charge in [0.15, 0.2) is 17.9 Å². The predicted octanol–water partition coefficient (Wildman–Crippen LogP) is 4.27. The molecule has 0 aliphatic heterocycles. The fraction of sp³-hybridized carbons (Fsp3) is 0.316. The average molecular weight is 343 g/mol. The summed E-state index contributed by atoms with van der Waals surface area (Å²) in [5.41, 5.74) is 2.99. The summed E-state index contributed by atoms with van der Waals surface area (Å²) < 4.78 is 22.1. The summed E-state index contributed by atoms with van der Waals surface area (Å²) in [4.78, 5) is 4.06. The van der Waals surface area contributed by atoms with Gasteiger partial charge in [-0.1, -0.05) is 6.92 Å². The highest BCUT2D eigenvalue weighted by molar-refractivity contribution is 5.76. The molecule has 1 N–H and O–H groups in total. The van der Waals surface area contributed by atoms with Gasteiger partial charge in [0.25, 0.3) is 0 Å². The molecule has 1 aromatic carbocycles. The summed E-state index contributed by atoms with van der Waals surface area (Å²) >= 11 is 0. The van der Waals surface area contributed by atoms with Crippen LogP contribution in [-0.4, -0.2) is 17.2 Å². The number of hydrogen-bond donors (Lipinski definition) is 1. The second-order valence-corrected chi connectivity index (χ2v) is 5.69. The maximum atomic E-state index is 10.5. The fourth-order valence-electron chi connectivity index (χ4n) is 2.78. The van der Waals surface area contributed by atoms with Gasteiger partial charge in [-0.15, -0.1) is 0 Å². The minimum Gasteiger partial charge on any atom is -0.492 e. The Labute approximate surface area is 146 Å². The van der Waals surface area contributed by atoms with E-state index in [4.69, 9.17) is 18.3 Å². The predicted molar refractivity (Wildman–Crippen MR) is 91.5 cm³/mol. The van der Waals surface area contributed by atoms with Crippen LogP contribution < -0.4 is 9.47 Å². The zero-order valence-corrected chi connectivity index (χ0v) is 14.5. The van der Waals surface area contributed by atoms with Crippen molar-refractivity contribution in [2.24, 2.45) is 0 Å². The van der Waals surface area contributed by atoms with Gasteiger partial charge in [-0.3, -0.25) is 0 Å². The van der Waals surface area contributed by atoms with Crippen LogP contribution in [-0.2, 0) is 6.61 Å². The summed E-state index contributed by atoms with van der Waals surface area (Å²) in [6, 6.07) is 5.54. The molecule has 0 saturated carbocycles. The molecule has 2 heterocycles. The third-order valence-electron chi connectivity index (χ3n) is 4.02. The third-order valence-corrected chi connectivity index (χ3v) is 4.02. The molecule has 1 unspecified atom stereocenters. The number of aliphatic hydroxyl groups excluding tert-OH is 1. The average Bonchev–Trinajstić information content (AvgIpc) is 3.32. The number of oxazole rings is 1. The van der Waals surface area contributed by atoms with Crippen molar-refractivity contribution in [3.05, 3.63) is 53.9 Å². The number of furan rings is 1. The Bertz CT molecular complexity index is 809. The minimum atomic E-state index is -0.628. The van der Waals surface area contributed by atoms with Crippen molar-refractivity contribution in [1.82, 2.24) is 4.98 Å². The molecule has 6 nitrogen and oxygen atoms in total. The van der Waals surface area contributed by atoms with E-state index in [1.54, 1.807) is 19.4 Å². The zero-order valence-electron chi connectivity index (χ0n) is 14.5. The third kappa shape index (κ3) is 3.39. The Hall–Kier alpha value is -2.73. The molecular formula is C19H21NO5. The van der Waals surface area contributed by atoms with Crippen molar-refractivity contribution in [1.29, 1.82) is 0 Å². The number of hydrogen-bond acceptors (Lipinski definition) is 6. The van der Waals surface area contributed by atoms with E-state index in [0.717, 1.165) is 11.1 Å².